The average molecular weight is 292 g/mol. The van der Waals surface area contributed by atoms with Crippen molar-refractivity contribution >= 4 is 19.7 Å². The van der Waals surface area contributed by atoms with Gasteiger partial charge in [0.15, 0.2) is 0 Å². The van der Waals surface area contributed by atoms with Crippen LogP contribution in [0.5, 0.6) is 5.75 Å². The number of halogens is 2. The molecule has 0 radical (unpaired) electrons. The second kappa shape index (κ2) is 6.03. The smallest absolute Gasteiger partial charge is 0.232 e. The molecule has 0 bridgehead atoms. The fraction of sp³-hybridized carbons (Fsp3) is 0.364. The van der Waals surface area contributed by atoms with Crippen LogP contribution in [0.15, 0.2) is 18.2 Å². The van der Waals surface area contributed by atoms with Crippen molar-refractivity contribution in [1.29, 1.82) is 5.26 Å². The first kappa shape index (κ1) is 14.7. The maximum atomic E-state index is 13.2. The fourth-order valence-corrected chi connectivity index (χ4v) is 2.72. The van der Waals surface area contributed by atoms with E-state index in [-0.39, 0.29) is 29.6 Å². The van der Waals surface area contributed by atoms with Gasteiger partial charge in [0.05, 0.1) is 17.9 Å². The maximum absolute atomic E-state index is 13.2. The number of nitriles is 1. The van der Waals surface area contributed by atoms with Crippen molar-refractivity contribution in [2.24, 2.45) is 5.92 Å². The highest BCUT2D eigenvalue weighted by atomic mass is 35.7. The van der Waals surface area contributed by atoms with Crippen LogP contribution in [0.4, 0.5) is 4.39 Å². The lowest BCUT2D eigenvalue weighted by atomic mass is 10.2. The molecule has 0 aliphatic heterocycles. The summed E-state index contributed by atoms with van der Waals surface area (Å²) in [5.74, 6) is -0.961. The van der Waals surface area contributed by atoms with Crippen LogP contribution >= 0.6 is 10.7 Å². The lowest BCUT2D eigenvalue weighted by molar-refractivity contribution is 0.271. The van der Waals surface area contributed by atoms with E-state index >= 15 is 0 Å². The first-order valence-corrected chi connectivity index (χ1v) is 7.54. The third-order valence-electron chi connectivity index (χ3n) is 2.08. The normalized spacial score (nSPS) is 12.8. The molecule has 0 aromatic heterocycles. The molecule has 18 heavy (non-hydrogen) atoms. The lowest BCUT2D eigenvalue weighted by Gasteiger charge is -2.11. The summed E-state index contributed by atoms with van der Waals surface area (Å²) in [6, 6.07) is 5.52. The molecule has 0 N–H and O–H groups in total. The highest BCUT2D eigenvalue weighted by molar-refractivity contribution is 8.13. The van der Waals surface area contributed by atoms with Gasteiger partial charge in [0.1, 0.15) is 17.6 Å². The first-order chi connectivity index (χ1) is 8.31. The standard InChI is InChI=1S/C11H11ClFNO3S/c1-8(7-18(12,15)16)6-17-10-3-2-9(5-14)11(13)4-10/h2-4,8H,6-7H2,1H3. The summed E-state index contributed by atoms with van der Waals surface area (Å²) in [6.45, 7) is 1.75. The summed E-state index contributed by atoms with van der Waals surface area (Å²) in [6.07, 6.45) is 0. The van der Waals surface area contributed by atoms with Gasteiger partial charge < -0.3 is 4.74 Å². The van der Waals surface area contributed by atoms with E-state index in [9.17, 15) is 12.8 Å². The Labute approximate surface area is 109 Å². The van der Waals surface area contributed by atoms with Crippen LogP contribution in [-0.2, 0) is 9.05 Å². The zero-order valence-electron chi connectivity index (χ0n) is 9.56. The molecule has 4 nitrogen and oxygen atoms in total. The fourth-order valence-electron chi connectivity index (χ4n) is 1.30. The topological polar surface area (TPSA) is 67.2 Å². The van der Waals surface area contributed by atoms with Crippen LogP contribution < -0.4 is 4.74 Å². The molecular formula is C11H11ClFNO3S. The summed E-state index contributed by atoms with van der Waals surface area (Å²) < 4.78 is 40.1. The van der Waals surface area contributed by atoms with Gasteiger partial charge >= 0.3 is 0 Å². The molecule has 0 saturated heterocycles. The number of benzene rings is 1. The summed E-state index contributed by atoms with van der Waals surface area (Å²) in [7, 11) is 1.52. The number of hydrogen-bond acceptors (Lipinski definition) is 4. The molecule has 98 valence electrons. The summed E-state index contributed by atoms with van der Waals surface area (Å²) >= 11 is 0. The summed E-state index contributed by atoms with van der Waals surface area (Å²) in [4.78, 5) is 0. The van der Waals surface area contributed by atoms with E-state index in [1.807, 2.05) is 0 Å². The molecule has 0 spiro atoms. The van der Waals surface area contributed by atoms with Crippen molar-refractivity contribution < 1.29 is 17.5 Å². The molecule has 1 atom stereocenters. The summed E-state index contributed by atoms with van der Waals surface area (Å²) in [5, 5.41) is 8.54. The van der Waals surface area contributed by atoms with Crippen molar-refractivity contribution in [3.8, 4) is 11.8 Å². The Hall–Kier alpha value is -1.32. The minimum Gasteiger partial charge on any atom is -0.493 e. The predicted octanol–water partition coefficient (Wildman–Crippen LogP) is 2.28. The highest BCUT2D eigenvalue weighted by Crippen LogP contribution is 2.17. The van der Waals surface area contributed by atoms with E-state index in [4.69, 9.17) is 20.7 Å². The van der Waals surface area contributed by atoms with Gasteiger partial charge in [-0.15, -0.1) is 0 Å². The van der Waals surface area contributed by atoms with Crippen LogP contribution in [-0.4, -0.2) is 20.8 Å². The molecule has 1 aromatic carbocycles. The Bertz CT molecular complexity index is 568. The van der Waals surface area contributed by atoms with Crippen molar-refractivity contribution in [3.05, 3.63) is 29.6 Å². The number of rotatable bonds is 5. The SMILES string of the molecule is CC(COc1ccc(C#N)c(F)c1)CS(=O)(=O)Cl. The molecule has 7 heteroatoms. The molecule has 1 aromatic rings. The van der Waals surface area contributed by atoms with Gasteiger partial charge in [-0.05, 0) is 12.1 Å². The molecule has 0 aliphatic carbocycles. The van der Waals surface area contributed by atoms with Crippen LogP contribution in [0.3, 0.4) is 0 Å². The lowest BCUT2D eigenvalue weighted by Crippen LogP contribution is -2.16. The number of ether oxygens (including phenoxy) is 1. The van der Waals surface area contributed by atoms with Crippen molar-refractivity contribution in [1.82, 2.24) is 0 Å². The third kappa shape index (κ3) is 4.90. The van der Waals surface area contributed by atoms with Gasteiger partial charge in [0, 0.05) is 22.7 Å². The largest absolute Gasteiger partial charge is 0.493 e. The van der Waals surface area contributed by atoms with Crippen LogP contribution in [0.1, 0.15) is 12.5 Å². The van der Waals surface area contributed by atoms with Gasteiger partial charge in [-0.2, -0.15) is 5.26 Å². The molecule has 0 saturated carbocycles. The van der Waals surface area contributed by atoms with Crippen molar-refractivity contribution in [2.75, 3.05) is 12.4 Å². The van der Waals surface area contributed by atoms with E-state index in [0.717, 1.165) is 6.07 Å². The zero-order chi connectivity index (χ0) is 13.8. The monoisotopic (exact) mass is 291 g/mol. The molecule has 1 unspecified atom stereocenters. The minimum absolute atomic E-state index is 0.0706. The van der Waals surface area contributed by atoms with E-state index < -0.39 is 14.9 Å². The highest BCUT2D eigenvalue weighted by Gasteiger charge is 2.13. The van der Waals surface area contributed by atoms with E-state index in [2.05, 4.69) is 0 Å². The molecule has 0 fully saturated rings. The average Bonchev–Trinajstić information content (AvgIpc) is 2.24. The minimum atomic E-state index is -3.57. The van der Waals surface area contributed by atoms with Crippen LogP contribution in [0.2, 0.25) is 0 Å². The Morgan fingerprint density at radius 1 is 1.56 bits per heavy atom. The Kier molecular flexibility index (Phi) is 4.93. The molecule has 0 heterocycles. The van der Waals surface area contributed by atoms with Crippen LogP contribution in [0, 0.1) is 23.1 Å². The second-order valence-electron chi connectivity index (χ2n) is 3.88. The van der Waals surface area contributed by atoms with E-state index in [0.29, 0.717) is 0 Å². The Morgan fingerprint density at radius 2 is 2.22 bits per heavy atom. The number of hydrogen-bond donors (Lipinski definition) is 0. The van der Waals surface area contributed by atoms with Gasteiger partial charge in [0.25, 0.3) is 0 Å². The van der Waals surface area contributed by atoms with Crippen molar-refractivity contribution in [2.45, 2.75) is 6.92 Å². The molecular weight excluding hydrogens is 281 g/mol. The molecule has 0 aliphatic rings. The summed E-state index contributed by atoms with van der Waals surface area (Å²) in [5.41, 5.74) is -0.0706. The maximum Gasteiger partial charge on any atom is 0.232 e. The Balaban J connectivity index is 2.59. The molecule has 1 rings (SSSR count). The molecule has 0 amide bonds. The zero-order valence-corrected chi connectivity index (χ0v) is 11.1. The van der Waals surface area contributed by atoms with Gasteiger partial charge in [0.2, 0.25) is 9.05 Å². The second-order valence-corrected chi connectivity index (χ2v) is 6.70. The predicted molar refractivity (Wildman–Crippen MR) is 65.4 cm³/mol. The number of nitrogens with zero attached hydrogens (tertiary/aromatic N) is 1. The third-order valence-corrected chi connectivity index (χ3v) is 3.42. The van der Waals surface area contributed by atoms with Crippen molar-refractivity contribution in [3.63, 3.8) is 0 Å². The van der Waals surface area contributed by atoms with E-state index in [1.165, 1.54) is 12.1 Å². The quantitative estimate of drug-likeness (QED) is 0.781. The van der Waals surface area contributed by atoms with Crippen LogP contribution in [0.25, 0.3) is 0 Å². The van der Waals surface area contributed by atoms with E-state index in [1.54, 1.807) is 13.0 Å². The Morgan fingerprint density at radius 3 is 2.72 bits per heavy atom. The van der Waals surface area contributed by atoms with Gasteiger partial charge in [-0.3, -0.25) is 0 Å². The first-order valence-electron chi connectivity index (χ1n) is 5.06. The van der Waals surface area contributed by atoms with Gasteiger partial charge in [-0.1, -0.05) is 6.92 Å². The van der Waals surface area contributed by atoms with Gasteiger partial charge in [-0.25, -0.2) is 12.8 Å².